The largest absolute Gasteiger partial charge is 0.493 e. The van der Waals surface area contributed by atoms with Crippen molar-refractivity contribution in [2.24, 2.45) is 0 Å². The molecule has 0 saturated carbocycles. The number of methoxy groups -OCH3 is 2. The van der Waals surface area contributed by atoms with Crippen LogP contribution >= 0.6 is 0 Å². The number of nitrogens with one attached hydrogen (secondary N) is 1. The number of rotatable bonds is 7. The van der Waals surface area contributed by atoms with Crippen LogP contribution in [0, 0.1) is 0 Å². The standard InChI is InChI=1S/C21H24N2O4/c1-26-18-10-8-15(12-19(18)27-2)9-11-20(24)22-16-13-21(25)23(14-16)17-6-4-3-5-7-17/h3-8,10,12,16H,9,11,13-14H2,1-2H3,(H,22,24)/t16-/m0/s1. The number of amides is 2. The summed E-state index contributed by atoms with van der Waals surface area (Å²) >= 11 is 0. The second kappa shape index (κ2) is 8.58. The maximum Gasteiger partial charge on any atom is 0.229 e. The van der Waals surface area contributed by atoms with Gasteiger partial charge in [0.1, 0.15) is 0 Å². The summed E-state index contributed by atoms with van der Waals surface area (Å²) in [6, 6.07) is 15.0. The molecule has 0 radical (unpaired) electrons. The first-order chi connectivity index (χ1) is 13.1. The number of para-hydroxylation sites is 1. The van der Waals surface area contributed by atoms with Crippen LogP contribution in [0.1, 0.15) is 18.4 Å². The molecule has 0 aromatic heterocycles. The lowest BCUT2D eigenvalue weighted by Crippen LogP contribution is -2.37. The molecule has 1 aliphatic rings. The number of anilines is 1. The number of benzene rings is 2. The van der Waals surface area contributed by atoms with Crippen molar-refractivity contribution in [3.63, 3.8) is 0 Å². The van der Waals surface area contributed by atoms with E-state index in [2.05, 4.69) is 5.32 Å². The first-order valence-corrected chi connectivity index (χ1v) is 8.96. The Bertz CT molecular complexity index is 807. The third kappa shape index (κ3) is 4.58. The molecular weight excluding hydrogens is 344 g/mol. The van der Waals surface area contributed by atoms with Crippen LogP contribution in [0.3, 0.4) is 0 Å². The van der Waals surface area contributed by atoms with Gasteiger partial charge in [0.25, 0.3) is 0 Å². The summed E-state index contributed by atoms with van der Waals surface area (Å²) in [5.74, 6) is 1.29. The lowest BCUT2D eigenvalue weighted by Gasteiger charge is -2.17. The van der Waals surface area contributed by atoms with Gasteiger partial charge in [-0.05, 0) is 36.2 Å². The van der Waals surface area contributed by atoms with E-state index in [0.717, 1.165) is 11.3 Å². The van der Waals surface area contributed by atoms with E-state index in [0.29, 0.717) is 37.3 Å². The Morgan fingerprint density at radius 3 is 2.56 bits per heavy atom. The highest BCUT2D eigenvalue weighted by molar-refractivity contribution is 5.96. The quantitative estimate of drug-likeness (QED) is 0.816. The predicted molar refractivity (Wildman–Crippen MR) is 103 cm³/mol. The van der Waals surface area contributed by atoms with Crippen molar-refractivity contribution in [1.29, 1.82) is 0 Å². The smallest absolute Gasteiger partial charge is 0.229 e. The molecule has 1 aliphatic heterocycles. The third-order valence-electron chi connectivity index (χ3n) is 4.65. The molecule has 1 saturated heterocycles. The van der Waals surface area contributed by atoms with Gasteiger partial charge in [-0.3, -0.25) is 9.59 Å². The normalized spacial score (nSPS) is 16.3. The lowest BCUT2D eigenvalue weighted by atomic mass is 10.1. The molecule has 0 aliphatic carbocycles. The predicted octanol–water partition coefficient (Wildman–Crippen LogP) is 2.56. The molecular formula is C21H24N2O4. The summed E-state index contributed by atoms with van der Waals surface area (Å²) in [6.45, 7) is 0.505. The fourth-order valence-electron chi connectivity index (χ4n) is 3.26. The lowest BCUT2D eigenvalue weighted by molar-refractivity contribution is -0.121. The number of carbonyl (C=O) groups is 2. The van der Waals surface area contributed by atoms with Crippen molar-refractivity contribution in [2.75, 3.05) is 25.7 Å². The van der Waals surface area contributed by atoms with Crippen LogP contribution in [-0.2, 0) is 16.0 Å². The fraction of sp³-hybridized carbons (Fsp3) is 0.333. The van der Waals surface area contributed by atoms with Gasteiger partial charge in [-0.1, -0.05) is 24.3 Å². The average Bonchev–Trinajstić information content (AvgIpc) is 3.06. The summed E-state index contributed by atoms with van der Waals surface area (Å²) in [5, 5.41) is 2.97. The van der Waals surface area contributed by atoms with Crippen LogP contribution in [0.5, 0.6) is 11.5 Å². The second-order valence-corrected chi connectivity index (χ2v) is 6.50. The summed E-state index contributed by atoms with van der Waals surface area (Å²) in [7, 11) is 3.18. The number of nitrogens with zero attached hydrogens (tertiary/aromatic N) is 1. The Morgan fingerprint density at radius 2 is 1.85 bits per heavy atom. The monoisotopic (exact) mass is 368 g/mol. The number of carbonyl (C=O) groups excluding carboxylic acids is 2. The second-order valence-electron chi connectivity index (χ2n) is 6.50. The highest BCUT2D eigenvalue weighted by Gasteiger charge is 2.31. The molecule has 1 atom stereocenters. The molecule has 0 bridgehead atoms. The summed E-state index contributed by atoms with van der Waals surface area (Å²) in [6.07, 6.45) is 1.28. The average molecular weight is 368 g/mol. The summed E-state index contributed by atoms with van der Waals surface area (Å²) in [5.41, 5.74) is 1.86. The zero-order valence-corrected chi connectivity index (χ0v) is 15.6. The van der Waals surface area contributed by atoms with E-state index in [1.54, 1.807) is 19.1 Å². The summed E-state index contributed by atoms with van der Waals surface area (Å²) < 4.78 is 10.5. The minimum atomic E-state index is -0.157. The van der Waals surface area contributed by atoms with Gasteiger partial charge >= 0.3 is 0 Å². The van der Waals surface area contributed by atoms with Crippen LogP contribution in [0.15, 0.2) is 48.5 Å². The number of hydrogen-bond acceptors (Lipinski definition) is 4. The molecule has 2 aromatic carbocycles. The topological polar surface area (TPSA) is 67.9 Å². The Labute approximate surface area is 159 Å². The van der Waals surface area contributed by atoms with Crippen LogP contribution in [0.2, 0.25) is 0 Å². The minimum Gasteiger partial charge on any atom is -0.493 e. The Hall–Kier alpha value is -3.02. The molecule has 0 spiro atoms. The van der Waals surface area contributed by atoms with Crippen LogP contribution < -0.4 is 19.7 Å². The van der Waals surface area contributed by atoms with Gasteiger partial charge in [0.2, 0.25) is 11.8 Å². The van der Waals surface area contributed by atoms with Gasteiger partial charge in [0, 0.05) is 25.1 Å². The van der Waals surface area contributed by atoms with E-state index >= 15 is 0 Å². The molecule has 3 rings (SSSR count). The summed E-state index contributed by atoms with van der Waals surface area (Å²) in [4.78, 5) is 26.3. The van der Waals surface area contributed by atoms with Crippen molar-refractivity contribution in [1.82, 2.24) is 5.32 Å². The molecule has 6 nitrogen and oxygen atoms in total. The van der Waals surface area contributed by atoms with Gasteiger partial charge < -0.3 is 19.7 Å². The molecule has 1 heterocycles. The Morgan fingerprint density at radius 1 is 1.11 bits per heavy atom. The highest BCUT2D eigenvalue weighted by Crippen LogP contribution is 2.28. The number of ether oxygens (including phenoxy) is 2. The minimum absolute atomic E-state index is 0.0337. The van der Waals surface area contributed by atoms with Gasteiger partial charge in [0.15, 0.2) is 11.5 Å². The van der Waals surface area contributed by atoms with Gasteiger partial charge in [-0.15, -0.1) is 0 Å². The van der Waals surface area contributed by atoms with E-state index in [4.69, 9.17) is 9.47 Å². The molecule has 2 aromatic rings. The van der Waals surface area contributed by atoms with Gasteiger partial charge in [-0.25, -0.2) is 0 Å². The van der Waals surface area contributed by atoms with E-state index in [-0.39, 0.29) is 17.9 Å². The Balaban J connectivity index is 1.52. The van der Waals surface area contributed by atoms with Crippen LogP contribution in [0.4, 0.5) is 5.69 Å². The highest BCUT2D eigenvalue weighted by atomic mass is 16.5. The number of hydrogen-bond donors (Lipinski definition) is 1. The van der Waals surface area contributed by atoms with E-state index in [1.807, 2.05) is 48.5 Å². The first-order valence-electron chi connectivity index (χ1n) is 8.96. The molecule has 142 valence electrons. The maximum atomic E-state index is 12.3. The number of aryl methyl sites for hydroxylation is 1. The Kier molecular flexibility index (Phi) is 5.96. The van der Waals surface area contributed by atoms with E-state index < -0.39 is 0 Å². The zero-order valence-electron chi connectivity index (χ0n) is 15.6. The SMILES string of the molecule is COc1ccc(CCC(=O)N[C@H]2CC(=O)N(c3ccccc3)C2)cc1OC. The van der Waals surface area contributed by atoms with Crippen molar-refractivity contribution < 1.29 is 19.1 Å². The molecule has 27 heavy (non-hydrogen) atoms. The fourth-order valence-corrected chi connectivity index (χ4v) is 3.26. The van der Waals surface area contributed by atoms with Crippen LogP contribution in [0.25, 0.3) is 0 Å². The first kappa shape index (κ1) is 18.8. The third-order valence-corrected chi connectivity index (χ3v) is 4.65. The molecule has 6 heteroatoms. The molecule has 1 N–H and O–H groups in total. The molecule has 1 fully saturated rings. The zero-order chi connectivity index (χ0) is 19.2. The van der Waals surface area contributed by atoms with E-state index in [9.17, 15) is 9.59 Å². The maximum absolute atomic E-state index is 12.3. The van der Waals surface area contributed by atoms with Crippen LogP contribution in [-0.4, -0.2) is 38.6 Å². The molecule has 0 unspecified atom stereocenters. The van der Waals surface area contributed by atoms with Crippen molar-refractivity contribution >= 4 is 17.5 Å². The van der Waals surface area contributed by atoms with Crippen molar-refractivity contribution in [3.8, 4) is 11.5 Å². The van der Waals surface area contributed by atoms with Crippen molar-refractivity contribution in [3.05, 3.63) is 54.1 Å². The van der Waals surface area contributed by atoms with Crippen molar-refractivity contribution in [2.45, 2.75) is 25.3 Å². The molecule has 2 amide bonds. The van der Waals surface area contributed by atoms with E-state index in [1.165, 1.54) is 0 Å². The van der Waals surface area contributed by atoms with Gasteiger partial charge in [-0.2, -0.15) is 0 Å². The van der Waals surface area contributed by atoms with Gasteiger partial charge in [0.05, 0.1) is 20.3 Å².